The number of methoxy groups -OCH3 is 1. The molecule has 0 atom stereocenters. The molecular weight excluding hydrogens is 314 g/mol. The van der Waals surface area contributed by atoms with Crippen LogP contribution in [0.5, 0.6) is 5.75 Å². The zero-order chi connectivity index (χ0) is 15.7. The largest absolute Gasteiger partial charge is 0.497 e. The molecule has 116 valence electrons. The van der Waals surface area contributed by atoms with Gasteiger partial charge in [-0.3, -0.25) is 4.98 Å². The number of fused-ring (bicyclic) bond motifs is 1. The van der Waals surface area contributed by atoms with Crippen molar-refractivity contribution in [3.63, 3.8) is 0 Å². The molecule has 0 bridgehead atoms. The molecule has 3 aromatic rings. The molecule has 2 aromatic heterocycles. The molecule has 22 heavy (non-hydrogen) atoms. The second-order valence-electron chi connectivity index (χ2n) is 5.41. The van der Waals surface area contributed by atoms with Gasteiger partial charge in [-0.2, -0.15) is 0 Å². The predicted octanol–water partition coefficient (Wildman–Crippen LogP) is 4.41. The van der Waals surface area contributed by atoms with E-state index in [1.807, 2.05) is 30.5 Å². The number of hydrogen-bond donors (Lipinski definition) is 1. The van der Waals surface area contributed by atoms with Crippen molar-refractivity contribution in [3.05, 3.63) is 42.1 Å². The van der Waals surface area contributed by atoms with Crippen LogP contribution in [0.1, 0.15) is 5.56 Å². The van der Waals surface area contributed by atoms with E-state index in [4.69, 9.17) is 4.74 Å². The van der Waals surface area contributed by atoms with Gasteiger partial charge in [0, 0.05) is 12.3 Å². The highest BCUT2D eigenvalue weighted by Gasteiger charge is 2.20. The van der Waals surface area contributed by atoms with Crippen LogP contribution in [0.15, 0.2) is 46.7 Å². The molecule has 0 saturated heterocycles. The van der Waals surface area contributed by atoms with Gasteiger partial charge in [0.2, 0.25) is 0 Å². The van der Waals surface area contributed by atoms with Crippen molar-refractivity contribution < 1.29 is 4.74 Å². The lowest BCUT2D eigenvalue weighted by Gasteiger charge is -2.28. The summed E-state index contributed by atoms with van der Waals surface area (Å²) in [6.07, 6.45) is 6.36. The number of rotatable bonds is 4. The molecule has 0 aliphatic heterocycles. The molecule has 3 rings (SSSR count). The maximum Gasteiger partial charge on any atom is 0.176 e. The number of aromatic amines is 1. The first kappa shape index (κ1) is 15.2. The molecule has 0 aliphatic rings. The minimum Gasteiger partial charge on any atom is -0.497 e. The molecule has 0 aliphatic carbocycles. The van der Waals surface area contributed by atoms with E-state index in [-0.39, 0.29) is 0 Å². The summed E-state index contributed by atoms with van der Waals surface area (Å²) in [6, 6.07) is 10.1. The van der Waals surface area contributed by atoms with Crippen LogP contribution in [0, 0.1) is 6.92 Å². The Morgan fingerprint density at radius 2 is 2.00 bits per heavy atom. The Hall–Kier alpha value is -1.66. The highest BCUT2D eigenvalue weighted by molar-refractivity contribution is 8.93. The topological polar surface area (TPSA) is 50.8 Å². The normalized spacial score (nSPS) is 12.5. The molecule has 0 saturated carbocycles. The second-order valence-corrected chi connectivity index (χ2v) is 11.9. The summed E-state index contributed by atoms with van der Waals surface area (Å²) in [5, 5.41) is 2.06. The summed E-state index contributed by atoms with van der Waals surface area (Å²) < 4.78 is 5.26. The van der Waals surface area contributed by atoms with Crippen molar-refractivity contribution in [1.82, 2.24) is 15.0 Å². The fourth-order valence-electron chi connectivity index (χ4n) is 2.15. The number of nitrogens with one attached hydrogen (secondary N) is 1. The van der Waals surface area contributed by atoms with E-state index in [0.717, 1.165) is 27.0 Å². The van der Waals surface area contributed by atoms with Gasteiger partial charge < -0.3 is 9.72 Å². The molecule has 6 heteroatoms. The van der Waals surface area contributed by atoms with Crippen molar-refractivity contribution >= 4 is 30.9 Å². The Morgan fingerprint density at radius 3 is 2.73 bits per heavy atom. The molecule has 1 N–H and O–H groups in total. The van der Waals surface area contributed by atoms with Crippen LogP contribution in [0.3, 0.4) is 0 Å². The fraction of sp³-hybridized carbons (Fsp3) is 0.250. The van der Waals surface area contributed by atoms with Crippen molar-refractivity contribution in [2.75, 3.05) is 19.6 Å². The van der Waals surface area contributed by atoms with Crippen molar-refractivity contribution in [3.8, 4) is 5.75 Å². The summed E-state index contributed by atoms with van der Waals surface area (Å²) in [5.74, 6) is 0.833. The van der Waals surface area contributed by atoms with Crippen LogP contribution < -0.4 is 4.74 Å². The average molecular weight is 333 g/mol. The van der Waals surface area contributed by atoms with E-state index in [2.05, 4.69) is 40.5 Å². The van der Waals surface area contributed by atoms with Crippen LogP contribution in [0.25, 0.3) is 11.0 Å². The minimum atomic E-state index is -1.12. The highest BCUT2D eigenvalue weighted by atomic mass is 33.2. The number of aromatic nitrogens is 3. The van der Waals surface area contributed by atoms with Crippen molar-refractivity contribution in [2.45, 2.75) is 17.1 Å². The SMILES string of the molecule is COc1ccc2nc(SS(C)(C)c3cc(C)ccn3)[nH]c2c1. The first-order chi connectivity index (χ1) is 10.5. The first-order valence-electron chi connectivity index (χ1n) is 6.87. The number of H-pyrrole nitrogens is 1. The van der Waals surface area contributed by atoms with E-state index in [1.54, 1.807) is 17.9 Å². The van der Waals surface area contributed by atoms with Gasteiger partial charge >= 0.3 is 0 Å². The van der Waals surface area contributed by atoms with Crippen LogP contribution in [0.2, 0.25) is 0 Å². The number of nitrogens with zero attached hydrogens (tertiary/aromatic N) is 2. The second kappa shape index (κ2) is 5.85. The van der Waals surface area contributed by atoms with Gasteiger partial charge in [0.15, 0.2) is 5.16 Å². The van der Waals surface area contributed by atoms with E-state index in [1.165, 1.54) is 5.56 Å². The Labute approximate surface area is 135 Å². The average Bonchev–Trinajstić information content (AvgIpc) is 2.87. The Balaban J connectivity index is 1.91. The molecule has 0 amide bonds. The zero-order valence-corrected chi connectivity index (χ0v) is 14.7. The zero-order valence-electron chi connectivity index (χ0n) is 13.1. The summed E-state index contributed by atoms with van der Waals surface area (Å²) in [6.45, 7) is 2.10. The van der Waals surface area contributed by atoms with Gasteiger partial charge in [0.25, 0.3) is 0 Å². The smallest absolute Gasteiger partial charge is 0.176 e. The van der Waals surface area contributed by atoms with E-state index in [0.29, 0.717) is 0 Å². The lowest BCUT2D eigenvalue weighted by molar-refractivity contribution is 0.415. The third-order valence-corrected chi connectivity index (χ3v) is 7.58. The molecule has 2 heterocycles. The Kier molecular flexibility index (Phi) is 4.06. The number of ether oxygens (including phenoxy) is 1. The number of aryl methyl sites for hydroxylation is 1. The quantitative estimate of drug-likeness (QED) is 0.719. The van der Waals surface area contributed by atoms with Crippen LogP contribution >= 0.6 is 19.9 Å². The Morgan fingerprint density at radius 1 is 1.18 bits per heavy atom. The summed E-state index contributed by atoms with van der Waals surface area (Å²) >= 11 is 0. The molecule has 4 nitrogen and oxygen atoms in total. The summed E-state index contributed by atoms with van der Waals surface area (Å²) in [7, 11) is 2.31. The fourth-order valence-corrected chi connectivity index (χ4v) is 5.65. The lowest BCUT2D eigenvalue weighted by atomic mass is 10.3. The maximum absolute atomic E-state index is 5.26. The monoisotopic (exact) mass is 333 g/mol. The molecule has 0 radical (unpaired) electrons. The van der Waals surface area contributed by atoms with Crippen LogP contribution in [-0.4, -0.2) is 34.6 Å². The molecule has 0 unspecified atom stereocenters. The van der Waals surface area contributed by atoms with Crippen molar-refractivity contribution in [1.29, 1.82) is 0 Å². The van der Waals surface area contributed by atoms with Crippen LogP contribution in [0.4, 0.5) is 0 Å². The van der Waals surface area contributed by atoms with E-state index < -0.39 is 9.06 Å². The number of imidazole rings is 1. The van der Waals surface area contributed by atoms with Gasteiger partial charge in [-0.05, 0) is 60.1 Å². The molecule has 1 aromatic carbocycles. The van der Waals surface area contributed by atoms with Gasteiger partial charge in [-0.15, -0.1) is 9.06 Å². The summed E-state index contributed by atoms with van der Waals surface area (Å²) in [5.41, 5.74) is 3.19. The highest BCUT2D eigenvalue weighted by Crippen LogP contribution is 2.61. The molecule has 0 fully saturated rings. The predicted molar refractivity (Wildman–Crippen MR) is 95.2 cm³/mol. The van der Waals surface area contributed by atoms with Gasteiger partial charge in [0.05, 0.1) is 23.2 Å². The van der Waals surface area contributed by atoms with Crippen molar-refractivity contribution in [2.24, 2.45) is 0 Å². The summed E-state index contributed by atoms with van der Waals surface area (Å²) in [4.78, 5) is 12.6. The van der Waals surface area contributed by atoms with Crippen LogP contribution in [-0.2, 0) is 0 Å². The standard InChI is InChI=1S/C16H19N3OS2/c1-11-7-8-17-15(9-11)22(3,4)21-16-18-13-6-5-12(20-2)10-14(13)19-16/h5-10H,1-4H3,(H,18,19). The number of benzene rings is 1. The molecule has 0 spiro atoms. The molecular formula is C16H19N3OS2. The van der Waals surface area contributed by atoms with Gasteiger partial charge in [0.1, 0.15) is 5.75 Å². The Bertz CT molecular complexity index is 814. The third kappa shape index (κ3) is 3.08. The maximum atomic E-state index is 5.26. The lowest BCUT2D eigenvalue weighted by Crippen LogP contribution is -1.95. The van der Waals surface area contributed by atoms with Gasteiger partial charge in [-0.1, -0.05) is 0 Å². The number of pyridine rings is 1. The minimum absolute atomic E-state index is 0.833. The first-order valence-corrected chi connectivity index (χ1v) is 10.7. The van der Waals surface area contributed by atoms with E-state index in [9.17, 15) is 0 Å². The number of hydrogen-bond acceptors (Lipinski definition) is 4. The van der Waals surface area contributed by atoms with Gasteiger partial charge in [-0.25, -0.2) is 4.98 Å². The van der Waals surface area contributed by atoms with E-state index >= 15 is 0 Å². The third-order valence-electron chi connectivity index (χ3n) is 3.35.